The topological polar surface area (TPSA) is 45.2 Å². The molecule has 1 aromatic rings. The SMILES string of the molecule is CSN1CCC(C)(NC(=O)c2ncc(F)cc2Cl)CC1. The maximum Gasteiger partial charge on any atom is 0.271 e. The number of nitrogens with one attached hydrogen (secondary N) is 1. The molecular formula is C13H17ClFN3OS. The maximum atomic E-state index is 12.9. The van der Waals surface area contributed by atoms with Gasteiger partial charge in [0.25, 0.3) is 5.91 Å². The highest BCUT2D eigenvalue weighted by molar-refractivity contribution is 7.96. The molecule has 110 valence electrons. The van der Waals surface area contributed by atoms with Gasteiger partial charge in [-0.05, 0) is 32.1 Å². The van der Waals surface area contributed by atoms with Crippen LogP contribution in [0.25, 0.3) is 0 Å². The molecular weight excluding hydrogens is 301 g/mol. The Morgan fingerprint density at radius 2 is 2.20 bits per heavy atom. The highest BCUT2D eigenvalue weighted by Crippen LogP contribution is 2.25. The Morgan fingerprint density at radius 1 is 1.55 bits per heavy atom. The molecule has 20 heavy (non-hydrogen) atoms. The summed E-state index contributed by atoms with van der Waals surface area (Å²) < 4.78 is 15.2. The summed E-state index contributed by atoms with van der Waals surface area (Å²) in [6.07, 6.45) is 4.76. The molecule has 2 rings (SSSR count). The van der Waals surface area contributed by atoms with Gasteiger partial charge in [-0.15, -0.1) is 0 Å². The van der Waals surface area contributed by atoms with Crippen LogP contribution in [0.2, 0.25) is 5.02 Å². The molecule has 0 spiro atoms. The number of carbonyl (C=O) groups is 1. The molecule has 1 aromatic heterocycles. The predicted octanol–water partition coefficient (Wildman–Crippen LogP) is 2.74. The predicted molar refractivity (Wildman–Crippen MR) is 79.4 cm³/mol. The summed E-state index contributed by atoms with van der Waals surface area (Å²) in [5.74, 6) is -0.902. The summed E-state index contributed by atoms with van der Waals surface area (Å²) in [5, 5.41) is 3.01. The first-order valence-corrected chi connectivity index (χ1v) is 7.92. The first-order chi connectivity index (χ1) is 9.43. The monoisotopic (exact) mass is 317 g/mol. The summed E-state index contributed by atoms with van der Waals surface area (Å²) >= 11 is 7.57. The molecule has 0 aliphatic carbocycles. The number of nitrogens with zero attached hydrogens (tertiary/aromatic N) is 2. The van der Waals surface area contributed by atoms with E-state index >= 15 is 0 Å². The van der Waals surface area contributed by atoms with Crippen molar-refractivity contribution in [3.63, 3.8) is 0 Å². The van der Waals surface area contributed by atoms with E-state index in [0.29, 0.717) is 0 Å². The van der Waals surface area contributed by atoms with Crippen molar-refractivity contribution >= 4 is 29.5 Å². The minimum atomic E-state index is -0.550. The summed E-state index contributed by atoms with van der Waals surface area (Å²) in [7, 11) is 0. The van der Waals surface area contributed by atoms with Crippen LogP contribution in [0.15, 0.2) is 12.3 Å². The van der Waals surface area contributed by atoms with Crippen LogP contribution in [-0.4, -0.2) is 40.1 Å². The highest BCUT2D eigenvalue weighted by atomic mass is 35.5. The molecule has 1 amide bonds. The van der Waals surface area contributed by atoms with Crippen LogP contribution in [0, 0.1) is 5.82 Å². The van der Waals surface area contributed by atoms with Crippen molar-refractivity contribution in [3.05, 3.63) is 28.8 Å². The number of hydrogen-bond acceptors (Lipinski definition) is 4. The van der Waals surface area contributed by atoms with Crippen LogP contribution in [0.1, 0.15) is 30.3 Å². The molecule has 1 saturated heterocycles. The van der Waals surface area contributed by atoms with Crippen molar-refractivity contribution in [3.8, 4) is 0 Å². The lowest BCUT2D eigenvalue weighted by Crippen LogP contribution is -2.52. The second-order valence-electron chi connectivity index (χ2n) is 5.11. The Hall–Kier alpha value is -0.850. The summed E-state index contributed by atoms with van der Waals surface area (Å²) in [6.45, 7) is 3.85. The van der Waals surface area contributed by atoms with Gasteiger partial charge in [-0.2, -0.15) is 0 Å². The lowest BCUT2D eigenvalue weighted by atomic mass is 9.90. The van der Waals surface area contributed by atoms with Gasteiger partial charge in [0.2, 0.25) is 0 Å². The van der Waals surface area contributed by atoms with Crippen molar-refractivity contribution in [2.75, 3.05) is 19.3 Å². The summed E-state index contributed by atoms with van der Waals surface area (Å²) in [6, 6.07) is 1.10. The number of pyridine rings is 1. The maximum absolute atomic E-state index is 12.9. The molecule has 0 saturated carbocycles. The zero-order valence-corrected chi connectivity index (χ0v) is 13.0. The largest absolute Gasteiger partial charge is 0.345 e. The molecule has 1 aliphatic heterocycles. The number of piperidine rings is 1. The molecule has 0 unspecified atom stereocenters. The lowest BCUT2D eigenvalue weighted by Gasteiger charge is -2.38. The van der Waals surface area contributed by atoms with E-state index in [2.05, 4.69) is 14.6 Å². The fourth-order valence-corrected chi connectivity index (χ4v) is 2.99. The van der Waals surface area contributed by atoms with Gasteiger partial charge in [0.05, 0.1) is 11.2 Å². The summed E-state index contributed by atoms with van der Waals surface area (Å²) in [4.78, 5) is 16.0. The number of hydrogen-bond donors (Lipinski definition) is 1. The highest BCUT2D eigenvalue weighted by Gasteiger charge is 2.32. The van der Waals surface area contributed by atoms with Crippen molar-refractivity contribution in [2.45, 2.75) is 25.3 Å². The van der Waals surface area contributed by atoms with Gasteiger partial charge in [-0.3, -0.25) is 9.10 Å². The third kappa shape index (κ3) is 3.62. The van der Waals surface area contributed by atoms with Crippen molar-refractivity contribution < 1.29 is 9.18 Å². The first-order valence-electron chi connectivity index (χ1n) is 6.36. The van der Waals surface area contributed by atoms with E-state index in [9.17, 15) is 9.18 Å². The zero-order chi connectivity index (χ0) is 14.8. The second kappa shape index (κ2) is 6.28. The van der Waals surface area contributed by atoms with Gasteiger partial charge in [0, 0.05) is 18.6 Å². The van der Waals surface area contributed by atoms with Crippen LogP contribution >= 0.6 is 23.5 Å². The van der Waals surface area contributed by atoms with Gasteiger partial charge < -0.3 is 5.32 Å². The van der Waals surface area contributed by atoms with E-state index in [4.69, 9.17) is 11.6 Å². The van der Waals surface area contributed by atoms with E-state index in [1.54, 1.807) is 11.9 Å². The van der Waals surface area contributed by atoms with Crippen molar-refractivity contribution in [1.29, 1.82) is 0 Å². The minimum Gasteiger partial charge on any atom is -0.345 e. The number of aromatic nitrogens is 1. The Kier molecular flexibility index (Phi) is 4.88. The third-order valence-corrected chi connectivity index (χ3v) is 4.69. The van der Waals surface area contributed by atoms with Gasteiger partial charge in [0.15, 0.2) is 0 Å². The quantitative estimate of drug-likeness (QED) is 0.871. The molecule has 1 N–H and O–H groups in total. The van der Waals surface area contributed by atoms with Crippen LogP contribution < -0.4 is 5.32 Å². The second-order valence-corrected chi connectivity index (χ2v) is 6.40. The molecule has 0 atom stereocenters. The van der Waals surface area contributed by atoms with E-state index in [0.717, 1.165) is 38.2 Å². The minimum absolute atomic E-state index is 0.0349. The number of rotatable bonds is 3. The Balaban J connectivity index is 2.04. The van der Waals surface area contributed by atoms with Crippen molar-refractivity contribution in [1.82, 2.24) is 14.6 Å². The Bertz CT molecular complexity index is 506. The van der Waals surface area contributed by atoms with Crippen LogP contribution in [-0.2, 0) is 0 Å². The Morgan fingerprint density at radius 3 is 2.75 bits per heavy atom. The lowest BCUT2D eigenvalue weighted by molar-refractivity contribution is 0.0868. The van der Waals surface area contributed by atoms with Gasteiger partial charge in [-0.1, -0.05) is 23.5 Å². The molecule has 2 heterocycles. The molecule has 4 nitrogen and oxygen atoms in total. The normalized spacial score (nSPS) is 18.8. The smallest absolute Gasteiger partial charge is 0.271 e. The zero-order valence-electron chi connectivity index (χ0n) is 11.4. The van der Waals surface area contributed by atoms with E-state index in [1.165, 1.54) is 0 Å². The molecule has 7 heteroatoms. The number of halogens is 2. The molecule has 0 aromatic carbocycles. The van der Waals surface area contributed by atoms with Gasteiger partial charge in [-0.25, -0.2) is 9.37 Å². The fourth-order valence-electron chi connectivity index (χ4n) is 2.20. The average molecular weight is 318 g/mol. The fraction of sp³-hybridized carbons (Fsp3) is 0.538. The van der Waals surface area contributed by atoms with Crippen molar-refractivity contribution in [2.24, 2.45) is 0 Å². The summed E-state index contributed by atoms with van der Waals surface area (Å²) in [5.41, 5.74) is -0.204. The first kappa shape index (κ1) is 15.5. The number of amides is 1. The Labute approximate surface area is 127 Å². The average Bonchev–Trinajstić information content (AvgIpc) is 2.39. The number of carbonyl (C=O) groups excluding carboxylic acids is 1. The standard InChI is InChI=1S/C13H17ClFN3OS/c1-13(3-5-18(20-2)6-4-13)17-12(19)11-10(14)7-9(15)8-16-11/h7-8H,3-6H2,1-2H3,(H,17,19). The van der Waals surface area contributed by atoms with Gasteiger partial charge >= 0.3 is 0 Å². The van der Waals surface area contributed by atoms with E-state index in [1.807, 2.05) is 13.2 Å². The molecule has 1 fully saturated rings. The van der Waals surface area contributed by atoms with Crippen LogP contribution in [0.5, 0.6) is 0 Å². The molecule has 0 radical (unpaired) electrons. The van der Waals surface area contributed by atoms with Crippen LogP contribution in [0.4, 0.5) is 4.39 Å². The van der Waals surface area contributed by atoms with Crippen LogP contribution in [0.3, 0.4) is 0 Å². The molecule has 0 bridgehead atoms. The van der Waals surface area contributed by atoms with E-state index < -0.39 is 5.82 Å². The molecule has 1 aliphatic rings. The van der Waals surface area contributed by atoms with E-state index in [-0.39, 0.29) is 22.2 Å². The third-order valence-electron chi connectivity index (χ3n) is 3.52. The van der Waals surface area contributed by atoms with Gasteiger partial charge in [0.1, 0.15) is 11.5 Å².